The number of aliphatic carboxylic acids is 1. The number of hydrogen-bond acceptors (Lipinski definition) is 11. The third kappa shape index (κ3) is 14.5. The number of fused-ring (bicyclic) bond motifs is 3. The summed E-state index contributed by atoms with van der Waals surface area (Å²) in [6, 6.07) is 29.9. The van der Waals surface area contributed by atoms with Crippen LogP contribution in [0.2, 0.25) is 0 Å². The Balaban J connectivity index is 1.11. The highest BCUT2D eigenvalue weighted by atomic mass is 16.7. The number of benzene rings is 5. The highest BCUT2D eigenvalue weighted by Gasteiger charge is 2.36. The largest absolute Gasteiger partial charge is 0.493 e. The maximum atomic E-state index is 14.8. The third-order valence-electron chi connectivity index (χ3n) is 12.5. The zero-order chi connectivity index (χ0) is 51.9. The van der Waals surface area contributed by atoms with E-state index in [2.05, 4.69) is 22.5 Å². The van der Waals surface area contributed by atoms with Crippen molar-refractivity contribution in [2.24, 2.45) is 11.8 Å². The van der Waals surface area contributed by atoms with E-state index >= 15 is 0 Å². The molecule has 0 aliphatic carbocycles. The number of carbonyl (C=O) groups excluding carboxylic acids is 5. The Kier molecular flexibility index (Phi) is 18.3. The minimum absolute atomic E-state index is 0.00278. The van der Waals surface area contributed by atoms with Crippen molar-refractivity contribution in [1.82, 2.24) is 25.8 Å². The summed E-state index contributed by atoms with van der Waals surface area (Å²) in [6.07, 6.45) is 1.65. The van der Waals surface area contributed by atoms with Gasteiger partial charge in [-0.05, 0) is 83.3 Å². The summed E-state index contributed by atoms with van der Waals surface area (Å²) in [5.74, 6) is -1.72. The molecule has 4 N–H and O–H groups in total. The first-order valence-electron chi connectivity index (χ1n) is 24.4. The van der Waals surface area contributed by atoms with E-state index in [1.165, 1.54) is 22.9 Å². The molecule has 0 saturated carbocycles. The SMILES string of the molecule is C=CCOC(=O)N(C)C(CC(C)C)C(=O)N(CC(=O)NC(COc1ccc2ccccc2c1C(=O)NC(CC(=O)O)C(=O)NCCc1ccc2c(c1)OCO2)Cc1ccccc1)C[C@H]1COc2ccccc2C1. The molecule has 5 aromatic rings. The molecule has 0 bridgehead atoms. The summed E-state index contributed by atoms with van der Waals surface area (Å²) in [5, 5.41) is 19.5. The Morgan fingerprint density at radius 3 is 2.38 bits per heavy atom. The van der Waals surface area contributed by atoms with Crippen LogP contribution in [0.3, 0.4) is 0 Å². The molecule has 5 aromatic carbocycles. The molecule has 17 heteroatoms. The first kappa shape index (κ1) is 52.7. The maximum absolute atomic E-state index is 14.8. The minimum Gasteiger partial charge on any atom is -0.493 e. The summed E-state index contributed by atoms with van der Waals surface area (Å²) in [6.45, 7) is 7.70. The van der Waals surface area contributed by atoms with E-state index in [-0.39, 0.29) is 62.8 Å². The molecule has 5 amide bonds. The number of para-hydroxylation sites is 1. The van der Waals surface area contributed by atoms with Crippen molar-refractivity contribution in [2.45, 2.75) is 64.1 Å². The lowest BCUT2D eigenvalue weighted by molar-refractivity contribution is -0.141. The monoisotopic (exact) mass is 997 g/mol. The van der Waals surface area contributed by atoms with Crippen LogP contribution in [-0.4, -0.2) is 122 Å². The maximum Gasteiger partial charge on any atom is 0.410 e. The Morgan fingerprint density at radius 2 is 1.60 bits per heavy atom. The predicted molar refractivity (Wildman–Crippen MR) is 273 cm³/mol. The molecule has 0 fully saturated rings. The first-order chi connectivity index (χ1) is 35.3. The lowest BCUT2D eigenvalue weighted by Gasteiger charge is -2.35. The summed E-state index contributed by atoms with van der Waals surface area (Å²) in [4.78, 5) is 85.2. The Hall–Kier alpha value is -8.08. The van der Waals surface area contributed by atoms with Crippen LogP contribution in [0.4, 0.5) is 4.79 Å². The molecule has 2 heterocycles. The topological polar surface area (TPSA) is 211 Å². The van der Waals surface area contributed by atoms with Crippen molar-refractivity contribution >= 4 is 46.5 Å². The van der Waals surface area contributed by atoms with Gasteiger partial charge in [0.2, 0.25) is 24.5 Å². The highest BCUT2D eigenvalue weighted by Crippen LogP contribution is 2.33. The van der Waals surface area contributed by atoms with Crippen LogP contribution < -0.4 is 34.9 Å². The molecule has 0 spiro atoms. The number of carbonyl (C=O) groups is 6. The number of carboxylic acid groups (broad SMARTS) is 1. The number of nitrogens with zero attached hydrogens (tertiary/aromatic N) is 2. The van der Waals surface area contributed by atoms with Gasteiger partial charge in [-0.1, -0.05) is 111 Å². The van der Waals surface area contributed by atoms with Crippen molar-refractivity contribution in [2.75, 3.05) is 53.3 Å². The standard InChI is InChI=1S/C56H63N5O12/c1-5-25-69-56(68)60(4)45(26-36(2)3)55(67)61(31-39-27-41-16-10-12-18-46(41)70-33-39)32-50(62)58-42(28-37-13-7-6-8-14-37)34-71-48-22-20-40-15-9-11-17-43(40)52(48)54(66)59-44(30-51(63)64)53(65)57-24-23-38-19-21-47-49(29-38)73-35-72-47/h5-22,29,36,39,42,44-45H,1,23-28,30-35H2,2-4H3,(H,57,65)(H,58,62)(H,59,66)(H,63,64)/t39-,42?,44?,45?/m0/s1. The normalized spacial score (nSPS) is 14.6. The second kappa shape index (κ2) is 25.3. The van der Waals surface area contributed by atoms with Crippen molar-refractivity contribution in [3.8, 4) is 23.0 Å². The van der Waals surface area contributed by atoms with Crippen LogP contribution in [0, 0.1) is 11.8 Å². The Labute approximate surface area is 424 Å². The van der Waals surface area contributed by atoms with E-state index in [1.54, 1.807) is 30.3 Å². The number of likely N-dealkylation sites (N-methyl/N-ethyl adjacent to an activating group) is 1. The van der Waals surface area contributed by atoms with E-state index in [4.69, 9.17) is 23.7 Å². The number of carboxylic acids is 1. The fourth-order valence-corrected chi connectivity index (χ4v) is 8.95. The second-order valence-electron chi connectivity index (χ2n) is 18.6. The van der Waals surface area contributed by atoms with Gasteiger partial charge in [-0.2, -0.15) is 0 Å². The van der Waals surface area contributed by atoms with Gasteiger partial charge in [-0.3, -0.25) is 28.9 Å². The van der Waals surface area contributed by atoms with Crippen LogP contribution >= 0.6 is 0 Å². The van der Waals surface area contributed by atoms with Crippen LogP contribution in [-0.2, 0) is 43.2 Å². The van der Waals surface area contributed by atoms with Crippen molar-refractivity contribution in [3.05, 3.63) is 144 Å². The molecule has 73 heavy (non-hydrogen) atoms. The van der Waals surface area contributed by atoms with Gasteiger partial charge in [-0.15, -0.1) is 0 Å². The molecule has 4 atom stereocenters. The third-order valence-corrected chi connectivity index (χ3v) is 12.5. The smallest absolute Gasteiger partial charge is 0.410 e. The second-order valence-corrected chi connectivity index (χ2v) is 18.6. The molecular weight excluding hydrogens is 935 g/mol. The molecule has 0 saturated heterocycles. The fraction of sp³-hybridized carbons (Fsp3) is 0.357. The highest BCUT2D eigenvalue weighted by molar-refractivity contribution is 6.10. The van der Waals surface area contributed by atoms with Gasteiger partial charge >= 0.3 is 12.1 Å². The van der Waals surface area contributed by atoms with Crippen LogP contribution in [0.25, 0.3) is 10.8 Å². The number of nitrogens with one attached hydrogen (secondary N) is 3. The Morgan fingerprint density at radius 1 is 0.849 bits per heavy atom. The van der Waals surface area contributed by atoms with Crippen molar-refractivity contribution in [1.29, 1.82) is 0 Å². The van der Waals surface area contributed by atoms with E-state index < -0.39 is 60.2 Å². The summed E-state index contributed by atoms with van der Waals surface area (Å²) >= 11 is 0. The number of amides is 5. The number of hydrogen-bond donors (Lipinski definition) is 4. The van der Waals surface area contributed by atoms with Crippen LogP contribution in [0.1, 0.15) is 53.7 Å². The molecule has 2 aliphatic rings. The summed E-state index contributed by atoms with van der Waals surface area (Å²) in [5.41, 5.74) is 2.77. The fourth-order valence-electron chi connectivity index (χ4n) is 8.95. The van der Waals surface area contributed by atoms with E-state index in [0.29, 0.717) is 54.6 Å². The number of rotatable bonds is 24. The van der Waals surface area contributed by atoms with Gasteiger partial charge in [0.05, 0.1) is 31.2 Å². The van der Waals surface area contributed by atoms with Crippen molar-refractivity contribution in [3.63, 3.8) is 0 Å². The molecule has 3 unspecified atom stereocenters. The predicted octanol–water partition coefficient (Wildman–Crippen LogP) is 6.36. The summed E-state index contributed by atoms with van der Waals surface area (Å²) in [7, 11) is 1.51. The molecule has 17 nitrogen and oxygen atoms in total. The molecule has 2 aliphatic heterocycles. The van der Waals surface area contributed by atoms with Gasteiger partial charge in [0, 0.05) is 26.1 Å². The van der Waals surface area contributed by atoms with E-state index in [1.807, 2.05) is 92.7 Å². The average molecular weight is 998 g/mol. The quantitative estimate of drug-likeness (QED) is 0.0498. The molecule has 384 valence electrons. The number of ether oxygens (including phenoxy) is 5. The van der Waals surface area contributed by atoms with Gasteiger partial charge in [0.25, 0.3) is 5.91 Å². The van der Waals surface area contributed by atoms with E-state index in [9.17, 15) is 33.9 Å². The average Bonchev–Trinajstić information content (AvgIpc) is 3.86. The van der Waals surface area contributed by atoms with E-state index in [0.717, 1.165) is 22.4 Å². The van der Waals surface area contributed by atoms with Crippen LogP contribution in [0.5, 0.6) is 23.0 Å². The minimum atomic E-state index is -1.45. The summed E-state index contributed by atoms with van der Waals surface area (Å²) < 4.78 is 28.7. The molecule has 0 aromatic heterocycles. The van der Waals surface area contributed by atoms with Crippen molar-refractivity contribution < 1.29 is 57.6 Å². The first-order valence-corrected chi connectivity index (χ1v) is 24.4. The van der Waals surface area contributed by atoms with Crippen LogP contribution in [0.15, 0.2) is 122 Å². The lowest BCUT2D eigenvalue weighted by atomic mass is 9.95. The van der Waals surface area contributed by atoms with Gasteiger partial charge < -0.3 is 49.6 Å². The Bertz CT molecular complexity index is 2770. The zero-order valence-electron chi connectivity index (χ0n) is 41.4. The molecular formula is C56H63N5O12. The van der Waals surface area contributed by atoms with Gasteiger partial charge in [-0.25, -0.2) is 4.79 Å². The molecule has 7 rings (SSSR count). The van der Waals surface area contributed by atoms with Gasteiger partial charge in [0.1, 0.15) is 36.8 Å². The zero-order valence-corrected chi connectivity index (χ0v) is 41.4. The lowest BCUT2D eigenvalue weighted by Crippen LogP contribution is -2.54. The van der Waals surface area contributed by atoms with Gasteiger partial charge in [0.15, 0.2) is 11.5 Å². The molecule has 0 radical (unpaired) electrons.